The van der Waals surface area contributed by atoms with Crippen molar-refractivity contribution < 1.29 is 0 Å². The van der Waals surface area contributed by atoms with Crippen LogP contribution in [0.25, 0.3) is 11.1 Å². The van der Waals surface area contributed by atoms with Crippen molar-refractivity contribution in [2.75, 3.05) is 14.7 Å². The molecule has 1 aromatic heterocycles. The van der Waals surface area contributed by atoms with Crippen molar-refractivity contribution in [3.8, 4) is 11.1 Å². The van der Waals surface area contributed by atoms with Crippen LogP contribution in [0.3, 0.4) is 0 Å². The van der Waals surface area contributed by atoms with Crippen molar-refractivity contribution >= 4 is 74.4 Å². The normalized spacial score (nSPS) is 14.3. The highest BCUT2D eigenvalue weighted by molar-refractivity contribution is 7.00. The first kappa shape index (κ1) is 44.8. The minimum atomic E-state index is -0.105. The third-order valence-corrected chi connectivity index (χ3v) is 15.2. The van der Waals surface area contributed by atoms with E-state index in [-0.39, 0.29) is 23.0 Å². The Kier molecular flexibility index (Phi) is 10.9. The van der Waals surface area contributed by atoms with E-state index in [1.807, 2.05) is 0 Å². The molecule has 0 fully saturated rings. The highest BCUT2D eigenvalue weighted by Crippen LogP contribution is 2.50. The Morgan fingerprint density at radius 3 is 1.67 bits per heavy atom. The average molecular weight is 903 g/mol. The summed E-state index contributed by atoms with van der Waals surface area (Å²) in [4.78, 5) is 7.78. The molecule has 3 aliphatic rings. The summed E-state index contributed by atoms with van der Waals surface area (Å²) in [6, 6.07) is 62.3. The number of aromatic nitrogens is 1. The maximum Gasteiger partial charge on any atom is 0.272 e. The second kappa shape index (κ2) is 16.8. The van der Waals surface area contributed by atoms with Gasteiger partial charge in [-0.2, -0.15) is 0 Å². The molecule has 7 aromatic carbocycles. The summed E-state index contributed by atoms with van der Waals surface area (Å²) in [5, 5.41) is 0. The van der Waals surface area contributed by atoms with E-state index in [9.17, 15) is 0 Å². The van der Waals surface area contributed by atoms with Crippen LogP contribution in [-0.2, 0) is 35.6 Å². The van der Waals surface area contributed by atoms with Crippen molar-refractivity contribution in [1.29, 1.82) is 0 Å². The van der Waals surface area contributed by atoms with Crippen molar-refractivity contribution in [2.24, 2.45) is 0 Å². The van der Waals surface area contributed by atoms with E-state index < -0.39 is 0 Å². The van der Waals surface area contributed by atoms with Crippen molar-refractivity contribution in [3.05, 3.63) is 192 Å². The number of fused-ring (bicyclic) bond motifs is 6. The lowest BCUT2D eigenvalue weighted by molar-refractivity contribution is 0.590. The third kappa shape index (κ3) is 7.61. The fraction of sp³-hybridized carbons (Fsp3) is 0.281. The predicted octanol–water partition coefficient (Wildman–Crippen LogP) is 15.5. The summed E-state index contributed by atoms with van der Waals surface area (Å²) in [5.41, 5.74) is 24.5. The lowest BCUT2D eigenvalue weighted by Gasteiger charge is -2.45. The molecule has 0 N–H and O–H groups in total. The van der Waals surface area contributed by atoms with E-state index in [0.29, 0.717) is 0 Å². The van der Waals surface area contributed by atoms with E-state index in [1.165, 1.54) is 96.9 Å². The second-order valence-electron chi connectivity index (χ2n) is 22.8. The van der Waals surface area contributed by atoms with Crippen molar-refractivity contribution in [1.82, 2.24) is 4.57 Å². The first-order chi connectivity index (χ1) is 33.1. The SMILES string of the molecule is CCn1c2c(c3c1B1c4ccc(N(c5ccc(C(C)(C)C)cc5)c5ccc(C(C)(C)C)cc5-c5ccccc5)cc4N(c4ccccc4)c4cc(C(C)(C)C)cc(c41)N3c1ccccc1)CCCC2. The zero-order chi connectivity index (χ0) is 48.0. The van der Waals surface area contributed by atoms with Crippen LogP contribution in [-0.4, -0.2) is 11.3 Å². The molecule has 0 amide bonds. The van der Waals surface area contributed by atoms with Gasteiger partial charge in [0.2, 0.25) is 0 Å². The van der Waals surface area contributed by atoms with Gasteiger partial charge < -0.3 is 19.3 Å². The lowest BCUT2D eigenvalue weighted by atomic mass is 9.34. The smallest absolute Gasteiger partial charge is 0.272 e. The van der Waals surface area contributed by atoms with Gasteiger partial charge >= 0.3 is 0 Å². The monoisotopic (exact) mass is 903 g/mol. The van der Waals surface area contributed by atoms with Crippen LogP contribution in [0, 0.1) is 0 Å². The molecule has 4 nitrogen and oxygen atoms in total. The summed E-state index contributed by atoms with van der Waals surface area (Å²) in [6.07, 6.45) is 4.67. The van der Waals surface area contributed by atoms with Gasteiger partial charge in [0.1, 0.15) is 0 Å². The van der Waals surface area contributed by atoms with Gasteiger partial charge in [0.15, 0.2) is 0 Å². The van der Waals surface area contributed by atoms with Gasteiger partial charge in [-0.3, -0.25) is 0 Å². The summed E-state index contributed by atoms with van der Waals surface area (Å²) in [7, 11) is 0. The molecule has 0 bridgehead atoms. The molecule has 0 unspecified atom stereocenters. The van der Waals surface area contributed by atoms with Gasteiger partial charge in [-0.25, -0.2) is 0 Å². The predicted molar refractivity (Wildman–Crippen MR) is 297 cm³/mol. The Morgan fingerprint density at radius 1 is 0.507 bits per heavy atom. The van der Waals surface area contributed by atoms with E-state index in [0.717, 1.165) is 42.1 Å². The molecule has 2 aliphatic heterocycles. The zero-order valence-electron chi connectivity index (χ0n) is 42.5. The molecular weight excluding hydrogens is 836 g/mol. The quantitative estimate of drug-likeness (QED) is 0.148. The molecule has 11 rings (SSSR count). The van der Waals surface area contributed by atoms with Crippen molar-refractivity contribution in [3.63, 3.8) is 0 Å². The van der Waals surface area contributed by atoms with Crippen LogP contribution in [0.4, 0.5) is 51.2 Å². The van der Waals surface area contributed by atoms with E-state index in [4.69, 9.17) is 0 Å². The number of benzene rings is 7. The molecule has 0 radical (unpaired) electrons. The molecule has 1 aliphatic carbocycles. The topological polar surface area (TPSA) is 14.7 Å². The van der Waals surface area contributed by atoms with Crippen LogP contribution < -0.4 is 31.2 Å². The van der Waals surface area contributed by atoms with Gasteiger partial charge in [-0.1, -0.05) is 153 Å². The molecule has 0 saturated carbocycles. The van der Waals surface area contributed by atoms with E-state index in [2.05, 4.69) is 252 Å². The van der Waals surface area contributed by atoms with Crippen molar-refractivity contribution in [2.45, 2.75) is 118 Å². The first-order valence-electron chi connectivity index (χ1n) is 25.5. The highest BCUT2D eigenvalue weighted by Gasteiger charge is 2.48. The summed E-state index contributed by atoms with van der Waals surface area (Å²) < 4.78 is 2.73. The molecule has 346 valence electrons. The molecule has 5 heteroatoms. The molecule has 0 saturated heterocycles. The van der Waals surface area contributed by atoms with Gasteiger partial charge in [0.25, 0.3) is 6.71 Å². The maximum absolute atomic E-state index is 2.73. The minimum absolute atomic E-state index is 0.0221. The van der Waals surface area contributed by atoms with Crippen LogP contribution in [0.5, 0.6) is 0 Å². The molecule has 0 spiro atoms. The molecule has 8 aromatic rings. The van der Waals surface area contributed by atoms with Crippen LogP contribution in [0.2, 0.25) is 0 Å². The Balaban J connectivity index is 1.23. The number of anilines is 9. The Hall–Kier alpha value is -6.72. The first-order valence-corrected chi connectivity index (χ1v) is 25.5. The molecular formula is C64H67BN4. The lowest BCUT2D eigenvalue weighted by Crippen LogP contribution is -2.63. The van der Waals surface area contributed by atoms with Gasteiger partial charge in [0.05, 0.1) is 11.4 Å². The zero-order valence-corrected chi connectivity index (χ0v) is 42.5. The van der Waals surface area contributed by atoms with Gasteiger partial charge in [0, 0.05) is 63.2 Å². The summed E-state index contributed by atoms with van der Waals surface area (Å²) in [5.74, 6) is 0. The fourth-order valence-electron chi connectivity index (χ4n) is 11.6. The summed E-state index contributed by atoms with van der Waals surface area (Å²) >= 11 is 0. The van der Waals surface area contributed by atoms with Crippen LogP contribution in [0.1, 0.15) is 110 Å². The van der Waals surface area contributed by atoms with Gasteiger partial charge in [-0.05, 0) is 160 Å². The van der Waals surface area contributed by atoms with Gasteiger partial charge in [-0.15, -0.1) is 0 Å². The van der Waals surface area contributed by atoms with Crippen LogP contribution in [0.15, 0.2) is 164 Å². The number of hydrogen-bond donors (Lipinski definition) is 0. The summed E-state index contributed by atoms with van der Waals surface area (Å²) in [6.45, 7) is 24.3. The number of para-hydroxylation sites is 2. The van der Waals surface area contributed by atoms with Crippen LogP contribution >= 0.6 is 0 Å². The van der Waals surface area contributed by atoms with E-state index in [1.54, 1.807) is 0 Å². The van der Waals surface area contributed by atoms with E-state index >= 15 is 0 Å². The number of rotatable bonds is 7. The highest BCUT2D eigenvalue weighted by atomic mass is 15.2. The second-order valence-corrected chi connectivity index (χ2v) is 22.8. The molecule has 3 heterocycles. The molecule has 0 atom stereocenters. The Labute approximate surface area is 412 Å². The number of hydrogen-bond acceptors (Lipinski definition) is 3. The largest absolute Gasteiger partial charge is 0.354 e. The minimum Gasteiger partial charge on any atom is -0.354 e. The molecule has 69 heavy (non-hydrogen) atoms. The Bertz CT molecular complexity index is 3200. The number of nitrogens with zero attached hydrogens (tertiary/aromatic N) is 4. The fourth-order valence-corrected chi connectivity index (χ4v) is 11.6. The maximum atomic E-state index is 2.73. The Morgan fingerprint density at radius 2 is 1.06 bits per heavy atom. The average Bonchev–Trinajstić information content (AvgIpc) is 3.68. The standard InChI is InChI=1S/C64H67BN4/c1-11-66-54-30-22-21-29-51(54)60-61(66)65-53-37-36-50(67(49-34-31-44(32-35-49)62(2,3)4)55-38-33-45(63(5,6)7)39-52(55)43-23-15-12-16-24-43)42-56(53)68(47-25-17-13-18-26-47)57-40-46(64(8,9)10)41-58(59(57)65)69(60)48-27-19-14-20-28-48/h12-20,23-28,31-42H,11,21-22,29-30H2,1-10H3. The third-order valence-electron chi connectivity index (χ3n) is 15.2.